The number of amides is 2. The number of hydrogen-bond acceptors (Lipinski definition) is 5. The van der Waals surface area contributed by atoms with Gasteiger partial charge in [-0.2, -0.15) is 0 Å². The number of nitrogens with zero attached hydrogens (tertiary/aromatic N) is 4. The van der Waals surface area contributed by atoms with Crippen LogP contribution in [0, 0.1) is 0 Å². The molecule has 2 amide bonds. The van der Waals surface area contributed by atoms with Gasteiger partial charge in [0.05, 0.1) is 18.0 Å². The Labute approximate surface area is 222 Å². The first kappa shape index (κ1) is 25.5. The number of ether oxygens (including phenoxy) is 1. The number of thioether (sulfide) groups is 1. The van der Waals surface area contributed by atoms with Crippen LogP contribution in [0.2, 0.25) is 0 Å². The Morgan fingerprint density at radius 1 is 1.03 bits per heavy atom. The SMILES string of the molecule is O=C(CN1C(=O)CSc2ccccc21)N1CCC(c2nccn2CCCCOCc2ccccc2)CC1. The standard InChI is InChI=1S/C29H34N4O3S/c34-27(20-33-25-10-4-5-11-26(25)37-22-28(33)35)31-16-12-24(13-17-31)29-30-14-18-32(29)15-6-7-19-36-21-23-8-2-1-3-9-23/h1-5,8-11,14,18,24H,6-7,12-13,15-17,19-22H2. The number of aryl methyl sites for hydroxylation is 1. The van der Waals surface area contributed by atoms with Crippen molar-refractivity contribution in [2.45, 2.75) is 49.6 Å². The quantitative estimate of drug-likeness (QED) is 0.363. The minimum absolute atomic E-state index is 0.000529. The molecule has 0 saturated carbocycles. The van der Waals surface area contributed by atoms with Gasteiger partial charge in [-0.15, -0.1) is 11.8 Å². The summed E-state index contributed by atoms with van der Waals surface area (Å²) in [5.41, 5.74) is 2.05. The van der Waals surface area contributed by atoms with E-state index < -0.39 is 0 Å². The molecule has 3 heterocycles. The minimum atomic E-state index is -0.000529. The summed E-state index contributed by atoms with van der Waals surface area (Å²) in [5.74, 6) is 1.87. The highest BCUT2D eigenvalue weighted by atomic mass is 32.2. The van der Waals surface area contributed by atoms with Crippen LogP contribution in [0.5, 0.6) is 0 Å². The zero-order valence-corrected chi connectivity index (χ0v) is 21.9. The molecule has 0 aliphatic carbocycles. The van der Waals surface area contributed by atoms with Gasteiger partial charge in [0.25, 0.3) is 0 Å². The van der Waals surface area contributed by atoms with Crippen molar-refractivity contribution in [3.8, 4) is 0 Å². The predicted octanol–water partition coefficient (Wildman–Crippen LogP) is 4.73. The van der Waals surface area contributed by atoms with Crippen LogP contribution in [0.3, 0.4) is 0 Å². The van der Waals surface area contributed by atoms with E-state index in [2.05, 4.69) is 27.9 Å². The second kappa shape index (κ2) is 12.4. The highest BCUT2D eigenvalue weighted by molar-refractivity contribution is 8.00. The number of likely N-dealkylation sites (tertiary alicyclic amines) is 1. The lowest BCUT2D eigenvalue weighted by Crippen LogP contribution is -2.47. The van der Waals surface area contributed by atoms with E-state index in [-0.39, 0.29) is 18.4 Å². The number of carbonyl (C=O) groups is 2. The number of piperidine rings is 1. The normalized spacial score (nSPS) is 16.2. The Morgan fingerprint density at radius 3 is 2.65 bits per heavy atom. The molecule has 5 rings (SSSR count). The van der Waals surface area contributed by atoms with Crippen LogP contribution < -0.4 is 4.90 Å². The van der Waals surface area contributed by atoms with Crippen LogP contribution in [-0.4, -0.2) is 58.3 Å². The number of carbonyl (C=O) groups excluding carboxylic acids is 2. The maximum Gasteiger partial charge on any atom is 0.242 e. The summed E-state index contributed by atoms with van der Waals surface area (Å²) in [5, 5.41) is 0. The second-order valence-electron chi connectivity index (χ2n) is 9.62. The Bertz CT molecular complexity index is 1190. The fourth-order valence-electron chi connectivity index (χ4n) is 5.07. The molecule has 8 heteroatoms. The zero-order chi connectivity index (χ0) is 25.5. The van der Waals surface area contributed by atoms with Crippen molar-refractivity contribution in [1.82, 2.24) is 14.5 Å². The number of unbranched alkanes of at least 4 members (excludes halogenated alkanes) is 1. The van der Waals surface area contributed by atoms with Crippen molar-refractivity contribution in [2.75, 3.05) is 36.9 Å². The number of benzene rings is 2. The van der Waals surface area contributed by atoms with Crippen molar-refractivity contribution >= 4 is 29.3 Å². The van der Waals surface area contributed by atoms with Crippen LogP contribution >= 0.6 is 11.8 Å². The molecular weight excluding hydrogens is 484 g/mol. The molecule has 3 aromatic rings. The topological polar surface area (TPSA) is 67.7 Å². The van der Waals surface area contributed by atoms with Crippen LogP contribution in [0.1, 0.15) is 43.0 Å². The summed E-state index contributed by atoms with van der Waals surface area (Å²) in [6.45, 7) is 3.85. The third-order valence-corrected chi connectivity index (χ3v) is 8.16. The highest BCUT2D eigenvalue weighted by Gasteiger charge is 2.30. The molecule has 7 nitrogen and oxygen atoms in total. The number of rotatable bonds is 10. The zero-order valence-electron chi connectivity index (χ0n) is 21.1. The van der Waals surface area contributed by atoms with Crippen molar-refractivity contribution in [3.05, 3.63) is 78.4 Å². The third kappa shape index (κ3) is 6.43. The number of aromatic nitrogens is 2. The molecule has 1 aromatic heterocycles. The number of anilines is 1. The molecule has 1 saturated heterocycles. The Kier molecular flexibility index (Phi) is 8.58. The van der Waals surface area contributed by atoms with Gasteiger partial charge in [-0.05, 0) is 43.4 Å². The van der Waals surface area contributed by atoms with Gasteiger partial charge >= 0.3 is 0 Å². The average Bonchev–Trinajstić information content (AvgIpc) is 3.41. The first-order valence-electron chi connectivity index (χ1n) is 13.1. The van der Waals surface area contributed by atoms with Gasteiger partial charge in [-0.3, -0.25) is 9.59 Å². The van der Waals surface area contributed by atoms with E-state index in [1.54, 1.807) is 4.90 Å². The molecule has 1 fully saturated rings. The molecule has 0 atom stereocenters. The summed E-state index contributed by atoms with van der Waals surface area (Å²) in [6, 6.07) is 18.1. The molecule has 194 valence electrons. The van der Waals surface area contributed by atoms with E-state index in [9.17, 15) is 9.59 Å². The molecule has 2 aromatic carbocycles. The van der Waals surface area contributed by atoms with Crippen molar-refractivity contribution in [1.29, 1.82) is 0 Å². The molecule has 0 unspecified atom stereocenters. The van der Waals surface area contributed by atoms with Gasteiger partial charge < -0.3 is 19.1 Å². The number of fused-ring (bicyclic) bond motifs is 1. The molecule has 0 radical (unpaired) electrons. The molecule has 37 heavy (non-hydrogen) atoms. The summed E-state index contributed by atoms with van der Waals surface area (Å²) >= 11 is 1.54. The first-order chi connectivity index (χ1) is 18.2. The molecule has 0 N–H and O–H groups in total. The first-order valence-corrected chi connectivity index (χ1v) is 14.1. The van der Waals surface area contributed by atoms with Gasteiger partial charge in [0.15, 0.2) is 0 Å². The van der Waals surface area contributed by atoms with Gasteiger partial charge in [-0.25, -0.2) is 4.98 Å². The monoisotopic (exact) mass is 518 g/mol. The van der Waals surface area contributed by atoms with Crippen molar-refractivity contribution in [2.24, 2.45) is 0 Å². The van der Waals surface area contributed by atoms with Crippen LogP contribution in [0.25, 0.3) is 0 Å². The fourth-order valence-corrected chi connectivity index (χ4v) is 6.01. The van der Waals surface area contributed by atoms with E-state index in [0.717, 1.165) is 55.2 Å². The van der Waals surface area contributed by atoms with Crippen LogP contribution in [-0.2, 0) is 27.5 Å². The molecule has 0 bridgehead atoms. The smallest absolute Gasteiger partial charge is 0.242 e. The minimum Gasteiger partial charge on any atom is -0.377 e. The number of hydrogen-bond donors (Lipinski definition) is 0. The molecule has 2 aliphatic rings. The molecule has 0 spiro atoms. The molecular formula is C29H34N4O3S. The third-order valence-electron chi connectivity index (χ3n) is 7.11. The van der Waals surface area contributed by atoms with E-state index in [1.165, 1.54) is 17.3 Å². The largest absolute Gasteiger partial charge is 0.377 e. The van der Waals surface area contributed by atoms with E-state index >= 15 is 0 Å². The van der Waals surface area contributed by atoms with Crippen molar-refractivity contribution in [3.63, 3.8) is 0 Å². The highest BCUT2D eigenvalue weighted by Crippen LogP contribution is 2.35. The lowest BCUT2D eigenvalue weighted by atomic mass is 9.95. The van der Waals surface area contributed by atoms with Crippen LogP contribution in [0.15, 0.2) is 71.9 Å². The Hall–Kier alpha value is -3.10. The second-order valence-corrected chi connectivity index (χ2v) is 10.6. The summed E-state index contributed by atoms with van der Waals surface area (Å²) in [4.78, 5) is 34.9. The van der Waals surface area contributed by atoms with Gasteiger partial charge in [0, 0.05) is 49.4 Å². The number of para-hydroxylation sites is 1. The van der Waals surface area contributed by atoms with Gasteiger partial charge in [-0.1, -0.05) is 42.5 Å². The van der Waals surface area contributed by atoms with Gasteiger partial charge in [0.1, 0.15) is 12.4 Å². The lowest BCUT2D eigenvalue weighted by Gasteiger charge is -2.34. The Balaban J connectivity index is 1.06. The van der Waals surface area contributed by atoms with E-state index in [0.29, 0.717) is 31.4 Å². The number of imidazole rings is 1. The maximum atomic E-state index is 13.1. The summed E-state index contributed by atoms with van der Waals surface area (Å²) in [7, 11) is 0. The maximum absolute atomic E-state index is 13.1. The Morgan fingerprint density at radius 2 is 1.81 bits per heavy atom. The summed E-state index contributed by atoms with van der Waals surface area (Å²) < 4.78 is 8.08. The summed E-state index contributed by atoms with van der Waals surface area (Å²) in [6.07, 6.45) is 7.78. The average molecular weight is 519 g/mol. The lowest BCUT2D eigenvalue weighted by molar-refractivity contribution is -0.132. The van der Waals surface area contributed by atoms with Crippen LogP contribution in [0.4, 0.5) is 5.69 Å². The van der Waals surface area contributed by atoms with Gasteiger partial charge in [0.2, 0.25) is 11.8 Å². The van der Waals surface area contributed by atoms with E-state index in [1.807, 2.05) is 53.6 Å². The van der Waals surface area contributed by atoms with E-state index in [4.69, 9.17) is 4.74 Å². The predicted molar refractivity (Wildman–Crippen MR) is 146 cm³/mol. The fraction of sp³-hybridized carbons (Fsp3) is 0.414. The van der Waals surface area contributed by atoms with Crippen molar-refractivity contribution < 1.29 is 14.3 Å². The molecule has 2 aliphatic heterocycles.